The lowest BCUT2D eigenvalue weighted by molar-refractivity contribution is -0.143. The number of aliphatic carboxylic acids is 4. The molecule has 0 unspecified atom stereocenters. The summed E-state index contributed by atoms with van der Waals surface area (Å²) in [5.41, 5.74) is 5.21. The van der Waals surface area contributed by atoms with Gasteiger partial charge in [-0.3, -0.25) is 28.8 Å². The average Bonchev–Trinajstić information content (AvgIpc) is 4.39. The zero-order valence-electron chi connectivity index (χ0n) is 45.7. The van der Waals surface area contributed by atoms with Crippen molar-refractivity contribution in [2.75, 3.05) is 101 Å². The summed E-state index contributed by atoms with van der Waals surface area (Å²) in [6.07, 6.45) is 15.2. The Hall–Kier alpha value is -8.52. The Morgan fingerprint density at radius 3 is 1.11 bits per heavy atom. The summed E-state index contributed by atoms with van der Waals surface area (Å²) < 4.78 is 4.25. The lowest BCUT2D eigenvalue weighted by Gasteiger charge is -2.29. The van der Waals surface area contributed by atoms with Gasteiger partial charge in [0.25, 0.3) is 11.8 Å². The van der Waals surface area contributed by atoms with Crippen LogP contribution < -0.4 is 31.1 Å². The van der Waals surface area contributed by atoms with Crippen LogP contribution in [0.2, 0.25) is 0 Å². The van der Waals surface area contributed by atoms with E-state index in [2.05, 4.69) is 72.3 Å². The van der Waals surface area contributed by atoms with E-state index in [1.54, 1.807) is 50.4 Å². The Kier molecular flexibility index (Phi) is 26.0. The predicted molar refractivity (Wildman–Crippen MR) is 321 cm³/mol. The van der Waals surface area contributed by atoms with Gasteiger partial charge in [0.05, 0.1) is 49.5 Å². The number of anilines is 6. The van der Waals surface area contributed by atoms with Crippen molar-refractivity contribution >= 4 is 92.7 Å². The lowest BCUT2D eigenvalue weighted by Crippen LogP contribution is -2.43. The Bertz CT molecular complexity index is 2840. The molecule has 0 radical (unpaired) electrons. The maximum absolute atomic E-state index is 12.9. The van der Waals surface area contributed by atoms with Crippen molar-refractivity contribution in [2.24, 2.45) is 0 Å². The Labute approximate surface area is 484 Å². The number of piperazine rings is 2. The number of hydrogen-bond donors (Lipinski definition) is 8. The molecular formula is C57H84N16O10. The topological polar surface area (TPSA) is 332 Å². The second kappa shape index (κ2) is 32.2. The van der Waals surface area contributed by atoms with Gasteiger partial charge in [-0.2, -0.15) is 9.97 Å². The molecule has 26 heteroatoms. The van der Waals surface area contributed by atoms with Crippen LogP contribution in [0, 0.1) is 0 Å². The fourth-order valence-corrected chi connectivity index (χ4v) is 9.79. The first-order chi connectivity index (χ1) is 38.4. The molecule has 2 aliphatic heterocycles. The summed E-state index contributed by atoms with van der Waals surface area (Å²) in [6, 6.07) is 12.5. The zero-order valence-corrected chi connectivity index (χ0v) is 45.7. The molecule has 0 spiro atoms. The van der Waals surface area contributed by atoms with Crippen LogP contribution in [0.4, 0.5) is 34.9 Å². The number of fused-ring (bicyclic) bond motifs is 2. The van der Waals surface area contributed by atoms with E-state index >= 15 is 0 Å². The van der Waals surface area contributed by atoms with E-state index in [-0.39, 0.29) is 59.8 Å². The Morgan fingerprint density at radius 2 is 0.831 bits per heavy atom. The smallest absolute Gasteiger partial charge is 0.303 e. The summed E-state index contributed by atoms with van der Waals surface area (Å²) in [4.78, 5) is 99.9. The van der Waals surface area contributed by atoms with Crippen LogP contribution in [-0.2, 0) is 19.2 Å². The van der Waals surface area contributed by atoms with Gasteiger partial charge in [0.2, 0.25) is 11.9 Å². The lowest BCUT2D eigenvalue weighted by atomic mass is 10.2. The van der Waals surface area contributed by atoms with E-state index in [9.17, 15) is 28.8 Å². The first-order valence-electron chi connectivity index (χ1n) is 26.9. The third-order valence-corrected chi connectivity index (χ3v) is 13.8. The van der Waals surface area contributed by atoms with Crippen LogP contribution in [0.15, 0.2) is 61.2 Å². The van der Waals surface area contributed by atoms with Crippen LogP contribution in [0.5, 0.6) is 0 Å². The van der Waals surface area contributed by atoms with Crippen molar-refractivity contribution in [3.63, 3.8) is 0 Å². The molecule has 8 N–H and O–H groups in total. The van der Waals surface area contributed by atoms with Crippen molar-refractivity contribution in [3.8, 4) is 0 Å². The summed E-state index contributed by atoms with van der Waals surface area (Å²) in [5.74, 6) is -1.94. The molecule has 10 rings (SSSR count). The maximum Gasteiger partial charge on any atom is 0.303 e. The van der Waals surface area contributed by atoms with E-state index in [1.807, 2.05) is 36.7 Å². The van der Waals surface area contributed by atoms with E-state index in [0.717, 1.165) is 111 Å². The normalized spacial score (nSPS) is 14.8. The molecule has 6 aromatic heterocycles. The number of aromatic nitrogens is 8. The molecule has 2 saturated carbocycles. The number of carbonyl (C=O) groups excluding carboxylic acids is 2. The van der Waals surface area contributed by atoms with E-state index < -0.39 is 23.9 Å². The van der Waals surface area contributed by atoms with E-state index in [4.69, 9.17) is 30.4 Å². The Balaban J connectivity index is 0.000000275. The van der Waals surface area contributed by atoms with Gasteiger partial charge in [-0.15, -0.1) is 0 Å². The van der Waals surface area contributed by atoms with Crippen molar-refractivity contribution in [1.29, 1.82) is 0 Å². The number of rotatable bonds is 16. The highest BCUT2D eigenvalue weighted by molar-refractivity contribution is 5.99. The van der Waals surface area contributed by atoms with Crippen LogP contribution >= 0.6 is 0 Å². The van der Waals surface area contributed by atoms with Gasteiger partial charge in [0, 0.05) is 116 Å². The maximum atomic E-state index is 12.9. The first-order valence-corrected chi connectivity index (χ1v) is 26.9. The number of nitrogens with one attached hydrogen (secondary N) is 4. The number of amides is 2. The first kappa shape index (κ1) is 67.0. The second-order valence-electron chi connectivity index (χ2n) is 20.1. The molecule has 2 amide bonds. The number of carboxylic acids is 4. The fraction of sp³-hybridized carbons (Fsp3) is 0.509. The SMILES string of the molecule is C.C.C.CN(C)C(=O)c1cc2cnc(Nc3ccc(N4CCNCC4)cn3)nc2n1C1CCCC1.CN(C)C(=O)c1cc2cnc(Nc3ccc(N4CCNCC4)cn3)nc2n1C1CCCC1.O=C(O)CCC(=O)O.O=C(O)CCC(=O)O. The van der Waals surface area contributed by atoms with Crippen molar-refractivity contribution in [1.82, 2.24) is 59.5 Å². The number of carbonyl (C=O) groups is 6. The minimum Gasteiger partial charge on any atom is -0.481 e. The molecule has 2 aliphatic carbocycles. The second-order valence-corrected chi connectivity index (χ2v) is 20.1. The van der Waals surface area contributed by atoms with Gasteiger partial charge in [-0.25, -0.2) is 19.9 Å². The van der Waals surface area contributed by atoms with Crippen LogP contribution in [-0.4, -0.2) is 186 Å². The van der Waals surface area contributed by atoms with Gasteiger partial charge >= 0.3 is 23.9 Å². The molecule has 83 heavy (non-hydrogen) atoms. The molecule has 26 nitrogen and oxygen atoms in total. The molecule has 0 bridgehead atoms. The molecule has 6 aromatic rings. The van der Waals surface area contributed by atoms with Gasteiger partial charge < -0.3 is 70.4 Å². The van der Waals surface area contributed by atoms with Crippen LogP contribution in [0.1, 0.15) is 132 Å². The molecule has 8 heterocycles. The third-order valence-electron chi connectivity index (χ3n) is 13.8. The minimum absolute atomic E-state index is 0. The zero-order chi connectivity index (χ0) is 57.3. The molecule has 4 aliphatic rings. The van der Waals surface area contributed by atoms with Gasteiger partial charge in [0.1, 0.15) is 34.3 Å². The number of pyridine rings is 2. The summed E-state index contributed by atoms with van der Waals surface area (Å²) in [5, 5.41) is 46.6. The number of carboxylic acid groups (broad SMARTS) is 4. The predicted octanol–water partition coefficient (Wildman–Crippen LogP) is 7.37. The quantitative estimate of drug-likeness (QED) is 0.0469. The average molecular weight is 1150 g/mol. The summed E-state index contributed by atoms with van der Waals surface area (Å²) in [6.45, 7) is 7.92. The monoisotopic (exact) mass is 1150 g/mol. The highest BCUT2D eigenvalue weighted by atomic mass is 16.4. The van der Waals surface area contributed by atoms with E-state index in [1.165, 1.54) is 25.7 Å². The standard InChI is InChI=1S/2C23H30N8O.2C4H6O4.3CH4/c2*1-29(2)22(32)19-13-16-14-26-23(28-21(16)31(19)17-5-3-4-6-17)27-20-8-7-18(15-25-20)30-11-9-24-10-12-30;2*5-3(6)1-2-4(7)8;;;/h2*7-8,13-15,17,24H,3-6,9-12H2,1-2H3,(H,25,26,27,28);2*1-2H2,(H,5,6)(H,7,8);3*1H4. The third kappa shape index (κ3) is 18.8. The van der Waals surface area contributed by atoms with E-state index in [0.29, 0.717) is 47.0 Å². The van der Waals surface area contributed by atoms with Crippen LogP contribution in [0.25, 0.3) is 22.1 Å². The molecule has 4 fully saturated rings. The molecule has 0 atom stereocenters. The summed E-state index contributed by atoms with van der Waals surface area (Å²) >= 11 is 0. The van der Waals surface area contributed by atoms with Crippen molar-refractivity contribution in [3.05, 3.63) is 72.6 Å². The number of hydrogen-bond acceptors (Lipinski definition) is 18. The highest BCUT2D eigenvalue weighted by Gasteiger charge is 2.28. The van der Waals surface area contributed by atoms with Gasteiger partial charge in [0.15, 0.2) is 0 Å². The molecule has 452 valence electrons. The summed E-state index contributed by atoms with van der Waals surface area (Å²) in [7, 11) is 7.14. The van der Waals surface area contributed by atoms with Gasteiger partial charge in [-0.05, 0) is 62.1 Å². The van der Waals surface area contributed by atoms with Crippen molar-refractivity contribution in [2.45, 2.75) is 111 Å². The largest absolute Gasteiger partial charge is 0.481 e. The highest BCUT2D eigenvalue weighted by Crippen LogP contribution is 2.36. The number of nitrogens with zero attached hydrogens (tertiary/aromatic N) is 12. The Morgan fingerprint density at radius 1 is 0.506 bits per heavy atom. The van der Waals surface area contributed by atoms with Crippen LogP contribution in [0.3, 0.4) is 0 Å². The molecule has 0 aromatic carbocycles. The van der Waals surface area contributed by atoms with Crippen molar-refractivity contribution < 1.29 is 49.2 Å². The molecule has 2 saturated heterocycles. The minimum atomic E-state index is -1.08. The fourth-order valence-electron chi connectivity index (χ4n) is 9.79. The van der Waals surface area contributed by atoms with Gasteiger partial charge in [-0.1, -0.05) is 48.0 Å². The molecular weight excluding hydrogens is 1070 g/mol.